The lowest BCUT2D eigenvalue weighted by atomic mass is 10.1. The van der Waals surface area contributed by atoms with E-state index < -0.39 is 0 Å². The van der Waals surface area contributed by atoms with Gasteiger partial charge in [0.15, 0.2) is 0 Å². The maximum Gasteiger partial charge on any atom is 0.200 e. The Bertz CT molecular complexity index is 1250. The molecule has 0 aliphatic carbocycles. The van der Waals surface area contributed by atoms with Gasteiger partial charge in [0, 0.05) is 46.8 Å². The fourth-order valence-corrected chi connectivity index (χ4v) is 4.26. The molecule has 0 spiro atoms. The fourth-order valence-electron chi connectivity index (χ4n) is 3.83. The van der Waals surface area contributed by atoms with Crippen LogP contribution in [0.3, 0.4) is 0 Å². The van der Waals surface area contributed by atoms with Gasteiger partial charge in [0.2, 0.25) is 5.88 Å². The number of aromatic hydroxyl groups is 1. The van der Waals surface area contributed by atoms with Crippen LogP contribution in [0.2, 0.25) is 10.0 Å². The summed E-state index contributed by atoms with van der Waals surface area (Å²) in [6.07, 6.45) is 5.45. The van der Waals surface area contributed by atoms with E-state index in [4.69, 9.17) is 23.2 Å². The smallest absolute Gasteiger partial charge is 0.200 e. The lowest BCUT2D eigenvalue weighted by molar-refractivity contribution is 0.430. The van der Waals surface area contributed by atoms with Crippen molar-refractivity contribution in [2.75, 3.05) is 18.0 Å². The first-order valence-electron chi connectivity index (χ1n) is 9.58. The number of rotatable bonds is 4. The number of aromatic nitrogens is 2. The molecule has 5 rings (SSSR count). The van der Waals surface area contributed by atoms with Crippen LogP contribution in [-0.2, 0) is 6.54 Å². The molecule has 0 saturated carbocycles. The van der Waals surface area contributed by atoms with E-state index in [0.29, 0.717) is 22.0 Å². The maximum absolute atomic E-state index is 10.8. The molecule has 30 heavy (non-hydrogen) atoms. The first kappa shape index (κ1) is 19.0. The van der Waals surface area contributed by atoms with Crippen LogP contribution in [0.25, 0.3) is 10.8 Å². The number of anilines is 1. The SMILES string of the molecule is Oc1c2c(Cl)cc(N3CCN=C3c3ccncc3)cc2cn1Cc1ccc(Cl)cc1. The molecule has 0 bridgehead atoms. The zero-order chi connectivity index (χ0) is 20.7. The number of hydrogen-bond donors (Lipinski definition) is 1. The number of hydrogen-bond acceptors (Lipinski definition) is 4. The molecule has 0 amide bonds. The predicted molar refractivity (Wildman–Crippen MR) is 122 cm³/mol. The van der Waals surface area contributed by atoms with Gasteiger partial charge in [-0.3, -0.25) is 9.98 Å². The highest BCUT2D eigenvalue weighted by Gasteiger charge is 2.22. The van der Waals surface area contributed by atoms with Crippen LogP contribution in [0.15, 0.2) is 72.1 Å². The van der Waals surface area contributed by atoms with Crippen molar-refractivity contribution in [2.45, 2.75) is 6.54 Å². The van der Waals surface area contributed by atoms with Crippen molar-refractivity contribution in [3.05, 3.63) is 88.3 Å². The molecule has 0 unspecified atom stereocenters. The highest BCUT2D eigenvalue weighted by Crippen LogP contribution is 2.38. The van der Waals surface area contributed by atoms with E-state index in [0.717, 1.165) is 41.1 Å². The van der Waals surface area contributed by atoms with Gasteiger partial charge in [-0.1, -0.05) is 35.3 Å². The molecule has 1 aliphatic heterocycles. The van der Waals surface area contributed by atoms with Crippen molar-refractivity contribution >= 4 is 45.5 Å². The minimum atomic E-state index is 0.154. The Morgan fingerprint density at radius 2 is 1.77 bits per heavy atom. The summed E-state index contributed by atoms with van der Waals surface area (Å²) in [5.41, 5.74) is 3.00. The van der Waals surface area contributed by atoms with E-state index in [1.54, 1.807) is 17.0 Å². The van der Waals surface area contributed by atoms with Gasteiger partial charge in [0.05, 0.1) is 23.5 Å². The largest absolute Gasteiger partial charge is 0.494 e. The molecule has 2 aromatic heterocycles. The summed E-state index contributed by atoms with van der Waals surface area (Å²) in [6.45, 7) is 2.02. The third-order valence-electron chi connectivity index (χ3n) is 5.25. The van der Waals surface area contributed by atoms with E-state index >= 15 is 0 Å². The number of nitrogens with zero attached hydrogens (tertiary/aromatic N) is 4. The molecule has 0 saturated heterocycles. The second-order valence-electron chi connectivity index (χ2n) is 7.19. The average molecular weight is 437 g/mol. The molecular weight excluding hydrogens is 419 g/mol. The summed E-state index contributed by atoms with van der Waals surface area (Å²) in [5.74, 6) is 1.05. The molecule has 7 heteroatoms. The van der Waals surface area contributed by atoms with Crippen molar-refractivity contribution < 1.29 is 5.11 Å². The third-order valence-corrected chi connectivity index (χ3v) is 5.80. The molecule has 2 aromatic carbocycles. The van der Waals surface area contributed by atoms with Crippen LogP contribution < -0.4 is 4.90 Å². The van der Waals surface area contributed by atoms with Gasteiger partial charge in [-0.2, -0.15) is 0 Å². The maximum atomic E-state index is 10.8. The topological polar surface area (TPSA) is 53.6 Å². The molecule has 150 valence electrons. The fraction of sp³-hybridized carbons (Fsp3) is 0.130. The lowest BCUT2D eigenvalue weighted by Gasteiger charge is -2.21. The van der Waals surface area contributed by atoms with Crippen LogP contribution >= 0.6 is 23.2 Å². The Labute approximate surface area is 183 Å². The van der Waals surface area contributed by atoms with Gasteiger partial charge < -0.3 is 14.6 Å². The molecule has 1 N–H and O–H groups in total. The number of pyridine rings is 1. The molecule has 4 aromatic rings. The van der Waals surface area contributed by atoms with Crippen LogP contribution in [0, 0.1) is 0 Å². The number of benzene rings is 2. The van der Waals surface area contributed by atoms with Crippen molar-refractivity contribution in [3.63, 3.8) is 0 Å². The molecule has 0 fully saturated rings. The van der Waals surface area contributed by atoms with E-state index in [1.807, 2.05) is 54.7 Å². The summed E-state index contributed by atoms with van der Waals surface area (Å²) in [7, 11) is 0. The lowest BCUT2D eigenvalue weighted by Crippen LogP contribution is -2.28. The minimum absolute atomic E-state index is 0.154. The van der Waals surface area contributed by atoms with Crippen molar-refractivity contribution in [1.82, 2.24) is 9.55 Å². The Kier molecular flexibility index (Phi) is 4.85. The Balaban J connectivity index is 1.52. The van der Waals surface area contributed by atoms with Gasteiger partial charge in [0.1, 0.15) is 5.84 Å². The summed E-state index contributed by atoms with van der Waals surface area (Å²) in [6, 6.07) is 15.4. The highest BCUT2D eigenvalue weighted by atomic mass is 35.5. The van der Waals surface area contributed by atoms with E-state index in [9.17, 15) is 5.11 Å². The summed E-state index contributed by atoms with van der Waals surface area (Å²) in [4.78, 5) is 10.9. The molecular formula is C23H18Cl2N4O. The van der Waals surface area contributed by atoms with Crippen molar-refractivity contribution in [2.24, 2.45) is 4.99 Å². The van der Waals surface area contributed by atoms with E-state index in [1.165, 1.54) is 0 Å². The average Bonchev–Trinajstić information content (AvgIpc) is 3.36. The zero-order valence-corrected chi connectivity index (χ0v) is 17.5. The monoisotopic (exact) mass is 436 g/mol. The summed E-state index contributed by atoms with van der Waals surface area (Å²) < 4.78 is 1.80. The Morgan fingerprint density at radius 3 is 2.53 bits per heavy atom. The van der Waals surface area contributed by atoms with Crippen LogP contribution in [0.5, 0.6) is 5.88 Å². The highest BCUT2D eigenvalue weighted by molar-refractivity contribution is 6.36. The Morgan fingerprint density at radius 1 is 1.00 bits per heavy atom. The van der Waals surface area contributed by atoms with Gasteiger partial charge in [-0.25, -0.2) is 0 Å². The molecule has 5 nitrogen and oxygen atoms in total. The molecule has 3 heterocycles. The second-order valence-corrected chi connectivity index (χ2v) is 8.04. The van der Waals surface area contributed by atoms with E-state index in [-0.39, 0.29) is 5.88 Å². The van der Waals surface area contributed by atoms with Gasteiger partial charge in [0.25, 0.3) is 0 Å². The quantitative estimate of drug-likeness (QED) is 0.468. The first-order chi connectivity index (χ1) is 14.6. The molecule has 1 aliphatic rings. The number of amidine groups is 1. The predicted octanol–water partition coefficient (Wildman–Crippen LogP) is 5.36. The van der Waals surface area contributed by atoms with Gasteiger partial charge in [-0.05, 0) is 42.0 Å². The van der Waals surface area contributed by atoms with Crippen LogP contribution in [0.1, 0.15) is 11.1 Å². The second kappa shape index (κ2) is 7.67. The van der Waals surface area contributed by atoms with Crippen molar-refractivity contribution in [1.29, 1.82) is 0 Å². The number of aliphatic imine (C=N–C) groups is 1. The molecule has 0 radical (unpaired) electrons. The number of halogens is 2. The van der Waals surface area contributed by atoms with E-state index in [2.05, 4.69) is 14.9 Å². The van der Waals surface area contributed by atoms with Gasteiger partial charge >= 0.3 is 0 Å². The Hall–Kier alpha value is -3.02. The van der Waals surface area contributed by atoms with Gasteiger partial charge in [-0.15, -0.1) is 0 Å². The minimum Gasteiger partial charge on any atom is -0.494 e. The number of fused-ring (bicyclic) bond motifs is 1. The standard InChI is InChI=1S/C23H18Cl2N4O/c24-18-3-1-15(2-4-18)13-28-14-17-11-19(12-20(25)21(17)23(28)30)29-10-9-27-22(29)16-5-7-26-8-6-16/h1-8,11-12,14,30H,9-10,13H2. The summed E-state index contributed by atoms with van der Waals surface area (Å²) >= 11 is 12.6. The third kappa shape index (κ3) is 3.40. The molecule has 0 atom stereocenters. The first-order valence-corrected chi connectivity index (χ1v) is 10.3. The zero-order valence-electron chi connectivity index (χ0n) is 16.0. The van der Waals surface area contributed by atoms with Crippen molar-refractivity contribution in [3.8, 4) is 5.88 Å². The summed E-state index contributed by atoms with van der Waals surface area (Å²) in [5, 5.41) is 13.5. The van der Waals surface area contributed by atoms with Crippen LogP contribution in [0.4, 0.5) is 5.69 Å². The van der Waals surface area contributed by atoms with Crippen LogP contribution in [-0.4, -0.2) is 33.6 Å². The normalized spacial score (nSPS) is 13.8.